The predicted octanol–water partition coefficient (Wildman–Crippen LogP) is 3.46. The van der Waals surface area contributed by atoms with Gasteiger partial charge < -0.3 is 5.11 Å². The lowest BCUT2D eigenvalue weighted by Crippen LogP contribution is -2.07. The number of nitrogens with zero attached hydrogens (tertiary/aromatic N) is 1. The largest absolute Gasteiger partial charge is 0.511 e. The molecule has 1 aromatic carbocycles. The Morgan fingerprint density at radius 3 is 2.59 bits per heavy atom. The van der Waals surface area contributed by atoms with Crippen LogP contribution in [0.4, 0.5) is 0 Å². The molecular formula is C12H9Cl2NO2. The first kappa shape index (κ1) is 13.6. The van der Waals surface area contributed by atoms with Crippen LogP contribution >= 0.6 is 23.2 Å². The molecule has 0 fully saturated rings. The van der Waals surface area contributed by atoms with Crippen molar-refractivity contribution >= 4 is 29.0 Å². The van der Waals surface area contributed by atoms with Gasteiger partial charge in [-0.3, -0.25) is 4.79 Å². The lowest BCUT2D eigenvalue weighted by Gasteiger charge is -2.04. The molecule has 5 heteroatoms. The zero-order valence-corrected chi connectivity index (χ0v) is 10.5. The molecule has 0 aromatic heterocycles. The molecular weight excluding hydrogens is 261 g/mol. The van der Waals surface area contributed by atoms with Crippen molar-refractivity contribution in [2.75, 3.05) is 0 Å². The van der Waals surface area contributed by atoms with Crippen LogP contribution in [0.15, 0.2) is 29.5 Å². The summed E-state index contributed by atoms with van der Waals surface area (Å²) in [5, 5.41) is 18.7. The summed E-state index contributed by atoms with van der Waals surface area (Å²) in [5.41, 5.74) is 0.311. The van der Waals surface area contributed by atoms with Crippen LogP contribution in [-0.2, 0) is 11.2 Å². The quantitative estimate of drug-likeness (QED) is 0.519. The van der Waals surface area contributed by atoms with E-state index in [1.165, 1.54) is 13.0 Å². The summed E-state index contributed by atoms with van der Waals surface area (Å²) in [6, 6.07) is 6.41. The summed E-state index contributed by atoms with van der Waals surface area (Å²) in [6.45, 7) is 1.29. The van der Waals surface area contributed by atoms with Gasteiger partial charge in [-0.25, -0.2) is 0 Å². The Morgan fingerprint density at radius 2 is 2.12 bits per heavy atom. The van der Waals surface area contributed by atoms with Crippen LogP contribution < -0.4 is 0 Å². The second-order valence-corrected chi connectivity index (χ2v) is 4.25. The van der Waals surface area contributed by atoms with Gasteiger partial charge in [0, 0.05) is 16.5 Å². The van der Waals surface area contributed by atoms with Crippen molar-refractivity contribution in [1.29, 1.82) is 5.26 Å². The van der Waals surface area contributed by atoms with Gasteiger partial charge >= 0.3 is 0 Å². The normalized spacial score (nSPS) is 11.6. The average molecular weight is 270 g/mol. The van der Waals surface area contributed by atoms with Crippen molar-refractivity contribution in [3.63, 3.8) is 0 Å². The van der Waals surface area contributed by atoms with E-state index in [0.29, 0.717) is 15.6 Å². The van der Waals surface area contributed by atoms with Gasteiger partial charge in [0.1, 0.15) is 17.4 Å². The van der Waals surface area contributed by atoms with E-state index in [4.69, 9.17) is 33.6 Å². The monoisotopic (exact) mass is 269 g/mol. The number of nitriles is 1. The molecule has 0 aliphatic carbocycles. The lowest BCUT2D eigenvalue weighted by molar-refractivity contribution is -0.114. The van der Waals surface area contributed by atoms with Crippen molar-refractivity contribution in [2.24, 2.45) is 0 Å². The highest BCUT2D eigenvalue weighted by atomic mass is 35.5. The second kappa shape index (κ2) is 5.72. The number of allylic oxidation sites excluding steroid dienone is 2. The first-order chi connectivity index (χ1) is 7.95. The summed E-state index contributed by atoms with van der Waals surface area (Å²) in [4.78, 5) is 11.7. The Bertz CT molecular complexity index is 526. The fourth-order valence-electron chi connectivity index (χ4n) is 1.27. The minimum Gasteiger partial charge on any atom is -0.511 e. The van der Waals surface area contributed by atoms with Crippen LogP contribution in [-0.4, -0.2) is 10.9 Å². The third-order valence-corrected chi connectivity index (χ3v) is 2.71. The van der Waals surface area contributed by atoms with E-state index in [2.05, 4.69) is 0 Å². The van der Waals surface area contributed by atoms with Crippen LogP contribution in [0.1, 0.15) is 12.5 Å². The predicted molar refractivity (Wildman–Crippen MR) is 66.1 cm³/mol. The summed E-state index contributed by atoms with van der Waals surface area (Å²) >= 11 is 11.6. The molecule has 0 aliphatic rings. The van der Waals surface area contributed by atoms with Gasteiger partial charge in [0.15, 0.2) is 5.78 Å². The molecule has 0 aliphatic heterocycles. The molecule has 1 aromatic rings. The molecule has 17 heavy (non-hydrogen) atoms. The second-order valence-electron chi connectivity index (χ2n) is 3.41. The van der Waals surface area contributed by atoms with Crippen molar-refractivity contribution in [2.45, 2.75) is 13.3 Å². The minimum atomic E-state index is -0.475. The number of benzene rings is 1. The molecule has 1 N–H and O–H groups in total. The first-order valence-electron chi connectivity index (χ1n) is 4.72. The fourth-order valence-corrected chi connectivity index (χ4v) is 1.75. The number of ketones is 1. The number of carbonyl (C=O) groups excluding carboxylic acids is 1. The zero-order chi connectivity index (χ0) is 13.0. The molecule has 3 nitrogen and oxygen atoms in total. The molecule has 0 saturated carbocycles. The third kappa shape index (κ3) is 3.48. The maximum atomic E-state index is 11.7. The molecule has 0 saturated heterocycles. The molecule has 0 heterocycles. The molecule has 0 unspecified atom stereocenters. The average Bonchev–Trinajstić information content (AvgIpc) is 2.22. The van der Waals surface area contributed by atoms with Crippen molar-refractivity contribution < 1.29 is 9.90 Å². The SMILES string of the molecule is C/C(O)=C(\C#N)C(=O)Cc1ccc(Cl)cc1Cl. The summed E-state index contributed by atoms with van der Waals surface area (Å²) in [5.74, 6) is -0.765. The van der Waals surface area contributed by atoms with E-state index >= 15 is 0 Å². The number of halogens is 2. The van der Waals surface area contributed by atoms with Gasteiger partial charge in [-0.05, 0) is 24.6 Å². The summed E-state index contributed by atoms with van der Waals surface area (Å²) in [7, 11) is 0. The van der Waals surface area contributed by atoms with Crippen LogP contribution in [0, 0.1) is 11.3 Å². The summed E-state index contributed by atoms with van der Waals surface area (Å²) < 4.78 is 0. The van der Waals surface area contributed by atoms with E-state index in [9.17, 15) is 4.79 Å². The van der Waals surface area contributed by atoms with E-state index in [0.717, 1.165) is 0 Å². The molecule has 1 rings (SSSR count). The number of carbonyl (C=O) groups is 1. The van der Waals surface area contributed by atoms with Gasteiger partial charge in [0.25, 0.3) is 0 Å². The van der Waals surface area contributed by atoms with Crippen LogP contribution in [0.25, 0.3) is 0 Å². The van der Waals surface area contributed by atoms with E-state index in [1.807, 2.05) is 0 Å². The fraction of sp³-hybridized carbons (Fsp3) is 0.167. The molecule has 88 valence electrons. The number of hydrogen-bond donors (Lipinski definition) is 1. The highest BCUT2D eigenvalue weighted by molar-refractivity contribution is 6.35. The number of Topliss-reactive ketones (excluding diaryl/α,β-unsaturated/α-hetero) is 1. The van der Waals surface area contributed by atoms with Gasteiger partial charge in [0.2, 0.25) is 0 Å². The Hall–Kier alpha value is -1.50. The molecule has 0 amide bonds. The molecule has 0 atom stereocenters. The van der Waals surface area contributed by atoms with Crippen molar-refractivity contribution in [3.05, 3.63) is 45.1 Å². The maximum Gasteiger partial charge on any atom is 0.181 e. The summed E-state index contributed by atoms with van der Waals surface area (Å²) in [6.07, 6.45) is -0.0448. The van der Waals surface area contributed by atoms with E-state index < -0.39 is 5.78 Å². The van der Waals surface area contributed by atoms with E-state index in [1.54, 1.807) is 18.2 Å². The Kier molecular flexibility index (Phi) is 4.56. The number of aliphatic hydroxyl groups is 1. The zero-order valence-electron chi connectivity index (χ0n) is 9.00. The maximum absolute atomic E-state index is 11.7. The van der Waals surface area contributed by atoms with Gasteiger partial charge in [-0.2, -0.15) is 5.26 Å². The standard InChI is InChI=1S/C12H9Cl2NO2/c1-7(16)10(6-15)12(17)4-8-2-3-9(13)5-11(8)14/h2-3,5,16H,4H2,1H3/b10-7-. The highest BCUT2D eigenvalue weighted by Gasteiger charge is 2.14. The van der Waals surface area contributed by atoms with Gasteiger partial charge in [0.05, 0.1) is 0 Å². The lowest BCUT2D eigenvalue weighted by atomic mass is 10.0. The molecule has 0 bridgehead atoms. The minimum absolute atomic E-state index is 0.0448. The number of hydrogen-bond acceptors (Lipinski definition) is 3. The number of rotatable bonds is 3. The van der Waals surface area contributed by atoms with Gasteiger partial charge in [-0.1, -0.05) is 29.3 Å². The first-order valence-corrected chi connectivity index (χ1v) is 5.48. The van der Waals surface area contributed by atoms with Crippen LogP contribution in [0.3, 0.4) is 0 Å². The van der Waals surface area contributed by atoms with Crippen LogP contribution in [0.2, 0.25) is 10.0 Å². The number of aliphatic hydroxyl groups excluding tert-OH is 1. The molecule has 0 spiro atoms. The smallest absolute Gasteiger partial charge is 0.181 e. The van der Waals surface area contributed by atoms with Gasteiger partial charge in [-0.15, -0.1) is 0 Å². The Labute approximate surface area is 109 Å². The molecule has 0 radical (unpaired) electrons. The Morgan fingerprint density at radius 1 is 1.47 bits per heavy atom. The highest BCUT2D eigenvalue weighted by Crippen LogP contribution is 2.22. The van der Waals surface area contributed by atoms with E-state index in [-0.39, 0.29) is 17.8 Å². The van der Waals surface area contributed by atoms with Crippen molar-refractivity contribution in [1.82, 2.24) is 0 Å². The third-order valence-electron chi connectivity index (χ3n) is 2.12. The van der Waals surface area contributed by atoms with Crippen molar-refractivity contribution in [3.8, 4) is 6.07 Å². The Balaban J connectivity index is 2.97. The van der Waals surface area contributed by atoms with Crippen LogP contribution in [0.5, 0.6) is 0 Å². The topological polar surface area (TPSA) is 61.1 Å².